The van der Waals surface area contributed by atoms with Crippen LogP contribution >= 0.6 is 0 Å². The van der Waals surface area contributed by atoms with E-state index in [-0.39, 0.29) is 0 Å². The minimum absolute atomic E-state index is 0.635. The third-order valence-corrected chi connectivity index (χ3v) is 3.53. The zero-order chi connectivity index (χ0) is 14.9. The van der Waals surface area contributed by atoms with E-state index in [9.17, 15) is 0 Å². The number of hydrogen-bond donors (Lipinski definition) is 2. The Bertz CT molecular complexity index is 438. The molecule has 0 amide bonds. The summed E-state index contributed by atoms with van der Waals surface area (Å²) in [5.74, 6) is 2.74. The van der Waals surface area contributed by atoms with Crippen molar-refractivity contribution >= 4 is 5.96 Å². The van der Waals surface area contributed by atoms with Crippen molar-refractivity contribution in [2.24, 2.45) is 10.9 Å². The zero-order valence-electron chi connectivity index (χ0n) is 13.2. The van der Waals surface area contributed by atoms with Crippen molar-refractivity contribution in [3.8, 4) is 5.75 Å². The van der Waals surface area contributed by atoms with Gasteiger partial charge in [0, 0.05) is 13.1 Å². The molecule has 1 aromatic rings. The molecule has 0 saturated heterocycles. The molecule has 0 unspecified atom stereocenters. The van der Waals surface area contributed by atoms with Gasteiger partial charge in [0.05, 0.1) is 6.54 Å². The maximum atomic E-state index is 5.70. The van der Waals surface area contributed by atoms with Gasteiger partial charge in [-0.15, -0.1) is 0 Å². The Morgan fingerprint density at radius 1 is 1.24 bits per heavy atom. The SMILES string of the molecule is CCNC(=NCCC1CC1)NCCOc1ccc(C)cc1. The maximum Gasteiger partial charge on any atom is 0.191 e. The summed E-state index contributed by atoms with van der Waals surface area (Å²) in [6, 6.07) is 8.13. The number of guanidine groups is 1. The highest BCUT2D eigenvalue weighted by atomic mass is 16.5. The molecule has 1 fully saturated rings. The normalized spacial score (nSPS) is 14.9. The summed E-state index contributed by atoms with van der Waals surface area (Å²) < 4.78 is 5.70. The molecule has 1 aliphatic rings. The van der Waals surface area contributed by atoms with E-state index in [0.717, 1.165) is 37.3 Å². The minimum atomic E-state index is 0.635. The molecule has 2 N–H and O–H groups in total. The van der Waals surface area contributed by atoms with Crippen molar-refractivity contribution < 1.29 is 4.74 Å². The lowest BCUT2D eigenvalue weighted by atomic mass is 10.2. The Labute approximate surface area is 128 Å². The number of hydrogen-bond acceptors (Lipinski definition) is 2. The van der Waals surface area contributed by atoms with Gasteiger partial charge in [0.2, 0.25) is 0 Å². The predicted molar refractivity (Wildman–Crippen MR) is 88.0 cm³/mol. The van der Waals surface area contributed by atoms with Crippen molar-refractivity contribution in [1.82, 2.24) is 10.6 Å². The van der Waals surface area contributed by atoms with Gasteiger partial charge in [-0.25, -0.2) is 0 Å². The first-order valence-electron chi connectivity index (χ1n) is 7.99. The summed E-state index contributed by atoms with van der Waals surface area (Å²) in [5.41, 5.74) is 1.25. The average Bonchev–Trinajstić information content (AvgIpc) is 3.29. The second-order valence-corrected chi connectivity index (χ2v) is 5.58. The Morgan fingerprint density at radius 2 is 2.00 bits per heavy atom. The molecular weight excluding hydrogens is 262 g/mol. The van der Waals surface area contributed by atoms with Crippen molar-refractivity contribution in [3.63, 3.8) is 0 Å². The zero-order valence-corrected chi connectivity index (χ0v) is 13.2. The van der Waals surface area contributed by atoms with E-state index in [0.29, 0.717) is 6.61 Å². The van der Waals surface area contributed by atoms with E-state index in [1.54, 1.807) is 0 Å². The van der Waals surface area contributed by atoms with Crippen molar-refractivity contribution in [2.75, 3.05) is 26.2 Å². The molecule has 0 heterocycles. The summed E-state index contributed by atoms with van der Waals surface area (Å²) >= 11 is 0. The van der Waals surface area contributed by atoms with Crippen molar-refractivity contribution in [1.29, 1.82) is 0 Å². The summed E-state index contributed by atoms with van der Waals surface area (Å²) in [5, 5.41) is 6.58. The third kappa shape index (κ3) is 6.52. The van der Waals surface area contributed by atoms with Crippen LogP contribution in [-0.2, 0) is 0 Å². The van der Waals surface area contributed by atoms with Crippen molar-refractivity contribution in [3.05, 3.63) is 29.8 Å². The second-order valence-electron chi connectivity index (χ2n) is 5.58. The molecule has 116 valence electrons. The lowest BCUT2D eigenvalue weighted by molar-refractivity contribution is 0.322. The topological polar surface area (TPSA) is 45.7 Å². The molecule has 4 heteroatoms. The molecule has 0 radical (unpaired) electrons. The smallest absolute Gasteiger partial charge is 0.191 e. The van der Waals surface area contributed by atoms with Gasteiger partial charge in [0.1, 0.15) is 12.4 Å². The van der Waals surface area contributed by atoms with Crippen LogP contribution in [0.2, 0.25) is 0 Å². The molecule has 21 heavy (non-hydrogen) atoms. The van der Waals surface area contributed by atoms with E-state index in [1.165, 1.54) is 24.8 Å². The fourth-order valence-electron chi connectivity index (χ4n) is 2.08. The molecule has 0 aliphatic heterocycles. The number of benzene rings is 1. The second kappa shape index (κ2) is 8.55. The van der Waals surface area contributed by atoms with E-state index in [4.69, 9.17) is 4.74 Å². The molecule has 0 aromatic heterocycles. The Kier molecular flexibility index (Phi) is 6.38. The van der Waals surface area contributed by atoms with Crippen LogP contribution in [0.15, 0.2) is 29.3 Å². The first kappa shape index (κ1) is 15.7. The summed E-state index contributed by atoms with van der Waals surface area (Å²) in [6.07, 6.45) is 4.00. The van der Waals surface area contributed by atoms with E-state index in [2.05, 4.69) is 41.6 Å². The highest BCUT2D eigenvalue weighted by Crippen LogP contribution is 2.32. The van der Waals surface area contributed by atoms with Crippen LogP contribution < -0.4 is 15.4 Å². The summed E-state index contributed by atoms with van der Waals surface area (Å²) in [7, 11) is 0. The minimum Gasteiger partial charge on any atom is -0.492 e. The van der Waals surface area contributed by atoms with Gasteiger partial charge < -0.3 is 15.4 Å². The average molecular weight is 289 g/mol. The van der Waals surface area contributed by atoms with Gasteiger partial charge in [-0.05, 0) is 38.3 Å². The Balaban J connectivity index is 1.64. The highest BCUT2D eigenvalue weighted by molar-refractivity contribution is 5.79. The van der Waals surface area contributed by atoms with Crippen LogP contribution in [0.3, 0.4) is 0 Å². The molecule has 1 aliphatic carbocycles. The van der Waals surface area contributed by atoms with Crippen LogP contribution in [0, 0.1) is 12.8 Å². The first-order chi connectivity index (χ1) is 10.3. The number of ether oxygens (including phenoxy) is 1. The fraction of sp³-hybridized carbons (Fsp3) is 0.588. The van der Waals surface area contributed by atoms with Gasteiger partial charge in [-0.1, -0.05) is 30.5 Å². The van der Waals surface area contributed by atoms with E-state index in [1.807, 2.05) is 12.1 Å². The lowest BCUT2D eigenvalue weighted by Gasteiger charge is -2.12. The van der Waals surface area contributed by atoms with Crippen LogP contribution in [-0.4, -0.2) is 32.2 Å². The van der Waals surface area contributed by atoms with Gasteiger partial charge in [-0.2, -0.15) is 0 Å². The van der Waals surface area contributed by atoms with Gasteiger partial charge in [-0.3, -0.25) is 4.99 Å². The highest BCUT2D eigenvalue weighted by Gasteiger charge is 2.20. The quantitative estimate of drug-likeness (QED) is 0.439. The molecule has 0 bridgehead atoms. The van der Waals surface area contributed by atoms with Gasteiger partial charge in [0.25, 0.3) is 0 Å². The molecule has 4 nitrogen and oxygen atoms in total. The molecule has 1 aromatic carbocycles. The van der Waals surface area contributed by atoms with E-state index >= 15 is 0 Å². The number of nitrogens with zero attached hydrogens (tertiary/aromatic N) is 1. The van der Waals surface area contributed by atoms with Crippen LogP contribution in [0.25, 0.3) is 0 Å². The van der Waals surface area contributed by atoms with Crippen molar-refractivity contribution in [2.45, 2.75) is 33.1 Å². The number of rotatable bonds is 8. The first-order valence-corrected chi connectivity index (χ1v) is 7.99. The van der Waals surface area contributed by atoms with Gasteiger partial charge >= 0.3 is 0 Å². The molecule has 1 saturated carbocycles. The number of aliphatic imine (C=N–C) groups is 1. The number of aryl methyl sites for hydroxylation is 1. The van der Waals surface area contributed by atoms with Crippen LogP contribution in [0.4, 0.5) is 0 Å². The Hall–Kier alpha value is -1.71. The van der Waals surface area contributed by atoms with Crippen LogP contribution in [0.1, 0.15) is 31.7 Å². The Morgan fingerprint density at radius 3 is 2.67 bits per heavy atom. The maximum absolute atomic E-state index is 5.70. The largest absolute Gasteiger partial charge is 0.492 e. The molecule has 0 atom stereocenters. The van der Waals surface area contributed by atoms with Crippen LogP contribution in [0.5, 0.6) is 5.75 Å². The third-order valence-electron chi connectivity index (χ3n) is 3.53. The monoisotopic (exact) mass is 289 g/mol. The molecular formula is C17H27N3O. The lowest BCUT2D eigenvalue weighted by Crippen LogP contribution is -2.39. The number of nitrogens with one attached hydrogen (secondary N) is 2. The molecule has 2 rings (SSSR count). The fourth-order valence-corrected chi connectivity index (χ4v) is 2.08. The molecule has 0 spiro atoms. The standard InChI is InChI=1S/C17H27N3O/c1-3-18-17(19-11-10-15-6-7-15)20-12-13-21-16-8-4-14(2)5-9-16/h4-5,8-9,15H,3,6-7,10-13H2,1-2H3,(H2,18,19,20). The van der Waals surface area contributed by atoms with E-state index < -0.39 is 0 Å². The summed E-state index contributed by atoms with van der Waals surface area (Å²) in [4.78, 5) is 4.59. The predicted octanol–water partition coefficient (Wildman–Crippen LogP) is 2.73. The van der Waals surface area contributed by atoms with Gasteiger partial charge in [0.15, 0.2) is 5.96 Å². The summed E-state index contributed by atoms with van der Waals surface area (Å²) in [6.45, 7) is 7.35.